The molecule has 0 radical (unpaired) electrons. The van der Waals surface area contributed by atoms with Crippen molar-refractivity contribution in [3.63, 3.8) is 0 Å². The molecule has 0 aliphatic heterocycles. The zero-order valence-corrected chi connectivity index (χ0v) is 6.36. The van der Waals surface area contributed by atoms with Crippen LogP contribution in [0.5, 0.6) is 0 Å². The van der Waals surface area contributed by atoms with E-state index in [1.165, 1.54) is 0 Å². The molecule has 2 nitrogen and oxygen atoms in total. The number of hydrogen-bond acceptors (Lipinski definition) is 2. The zero-order valence-electron chi connectivity index (χ0n) is 6.36. The summed E-state index contributed by atoms with van der Waals surface area (Å²) in [6, 6.07) is 8.50. The Morgan fingerprint density at radius 2 is 1.92 bits per heavy atom. The van der Waals surface area contributed by atoms with Crippen LogP contribution in [0.25, 0.3) is 0 Å². The molecule has 1 aromatic carbocycles. The molecule has 1 atom stereocenters. The molecule has 0 heterocycles. The quantitative estimate of drug-likeness (QED) is 0.623. The first kappa shape index (κ1) is 8.33. The van der Waals surface area contributed by atoms with Gasteiger partial charge in [0, 0.05) is 0 Å². The van der Waals surface area contributed by atoms with E-state index in [1.807, 2.05) is 6.07 Å². The molecule has 0 amide bonds. The summed E-state index contributed by atoms with van der Waals surface area (Å²) < 4.78 is 0. The van der Waals surface area contributed by atoms with Crippen molar-refractivity contribution in [3.05, 3.63) is 35.4 Å². The van der Waals surface area contributed by atoms with Crippen LogP contribution in [-0.4, -0.2) is 5.11 Å². The van der Waals surface area contributed by atoms with Crippen LogP contribution in [-0.2, 0) is 0 Å². The van der Waals surface area contributed by atoms with E-state index in [1.54, 1.807) is 24.3 Å². The van der Waals surface area contributed by atoms with Crippen LogP contribution >= 0.6 is 0 Å². The van der Waals surface area contributed by atoms with Crippen molar-refractivity contribution < 1.29 is 5.11 Å². The lowest BCUT2D eigenvalue weighted by Crippen LogP contribution is -1.92. The first-order valence-corrected chi connectivity index (χ1v) is 3.42. The summed E-state index contributed by atoms with van der Waals surface area (Å²) in [5.74, 6) is 2.19. The molecule has 0 aliphatic rings. The summed E-state index contributed by atoms with van der Waals surface area (Å²) in [4.78, 5) is 0. The summed E-state index contributed by atoms with van der Waals surface area (Å²) >= 11 is 0. The van der Waals surface area contributed by atoms with Gasteiger partial charge >= 0.3 is 0 Å². The fourth-order valence-electron chi connectivity index (χ4n) is 0.836. The highest BCUT2D eigenvalue weighted by Gasteiger charge is 2.01. The van der Waals surface area contributed by atoms with Crippen LogP contribution in [0.3, 0.4) is 0 Å². The number of aliphatic hydroxyl groups is 1. The molecule has 0 bridgehead atoms. The molecule has 0 spiro atoms. The standard InChI is InChI=1S/C10H7NO/c1-2-10(12)9-5-3-8(7-11)4-6-9/h1,3-6,10,12H/t10-/m1/s1. The minimum atomic E-state index is -0.877. The van der Waals surface area contributed by atoms with Gasteiger partial charge in [0.1, 0.15) is 6.10 Å². The first-order valence-electron chi connectivity index (χ1n) is 3.42. The van der Waals surface area contributed by atoms with Crippen molar-refractivity contribution in [2.75, 3.05) is 0 Å². The Balaban J connectivity index is 2.96. The van der Waals surface area contributed by atoms with Gasteiger partial charge in [0.15, 0.2) is 0 Å². The molecule has 0 fully saturated rings. The lowest BCUT2D eigenvalue weighted by atomic mass is 10.1. The Kier molecular flexibility index (Phi) is 2.48. The Morgan fingerprint density at radius 3 is 2.33 bits per heavy atom. The Bertz CT molecular complexity index is 340. The predicted molar refractivity (Wildman–Crippen MR) is 44.9 cm³/mol. The van der Waals surface area contributed by atoms with Crippen LogP contribution < -0.4 is 0 Å². The number of aliphatic hydroxyl groups excluding tert-OH is 1. The van der Waals surface area contributed by atoms with E-state index in [2.05, 4.69) is 5.92 Å². The van der Waals surface area contributed by atoms with E-state index in [4.69, 9.17) is 11.7 Å². The number of rotatable bonds is 1. The van der Waals surface area contributed by atoms with Crippen molar-refractivity contribution in [3.8, 4) is 18.4 Å². The largest absolute Gasteiger partial charge is 0.376 e. The maximum absolute atomic E-state index is 9.17. The van der Waals surface area contributed by atoms with Crippen molar-refractivity contribution in [1.82, 2.24) is 0 Å². The first-order chi connectivity index (χ1) is 5.77. The molecule has 1 N–H and O–H groups in total. The van der Waals surface area contributed by atoms with Crippen molar-refractivity contribution in [2.24, 2.45) is 0 Å². The molecule has 58 valence electrons. The molecule has 0 saturated carbocycles. The molecule has 0 aliphatic carbocycles. The molecule has 1 aromatic rings. The SMILES string of the molecule is C#C[C@@H](O)c1ccc(C#N)cc1. The number of benzene rings is 1. The van der Waals surface area contributed by atoms with E-state index in [-0.39, 0.29) is 0 Å². The van der Waals surface area contributed by atoms with Crippen LogP contribution in [0.15, 0.2) is 24.3 Å². The highest BCUT2D eigenvalue weighted by Crippen LogP contribution is 2.11. The minimum absolute atomic E-state index is 0.558. The summed E-state index contributed by atoms with van der Waals surface area (Å²) in [6.45, 7) is 0. The molecule has 0 saturated heterocycles. The van der Waals surface area contributed by atoms with E-state index in [9.17, 15) is 5.11 Å². The summed E-state index contributed by atoms with van der Waals surface area (Å²) in [5, 5.41) is 17.6. The lowest BCUT2D eigenvalue weighted by molar-refractivity contribution is 0.238. The van der Waals surface area contributed by atoms with Gasteiger partial charge in [0.05, 0.1) is 11.6 Å². The van der Waals surface area contributed by atoms with Gasteiger partial charge in [-0.15, -0.1) is 6.42 Å². The molecule has 0 aromatic heterocycles. The highest BCUT2D eigenvalue weighted by molar-refractivity contribution is 5.34. The van der Waals surface area contributed by atoms with Gasteiger partial charge in [0.2, 0.25) is 0 Å². The molecule has 2 heteroatoms. The number of nitriles is 1. The van der Waals surface area contributed by atoms with Crippen molar-refractivity contribution in [1.29, 1.82) is 5.26 Å². The predicted octanol–water partition coefficient (Wildman–Crippen LogP) is 1.22. The van der Waals surface area contributed by atoms with Crippen LogP contribution in [0, 0.1) is 23.7 Å². The van der Waals surface area contributed by atoms with Gasteiger partial charge in [-0.2, -0.15) is 5.26 Å². The lowest BCUT2D eigenvalue weighted by Gasteiger charge is -2.01. The normalized spacial score (nSPS) is 11.2. The summed E-state index contributed by atoms with van der Waals surface area (Å²) in [7, 11) is 0. The Hall–Kier alpha value is -1.77. The highest BCUT2D eigenvalue weighted by atomic mass is 16.3. The van der Waals surface area contributed by atoms with E-state index in [0.29, 0.717) is 11.1 Å². The fourth-order valence-corrected chi connectivity index (χ4v) is 0.836. The monoisotopic (exact) mass is 157 g/mol. The van der Waals surface area contributed by atoms with Crippen molar-refractivity contribution in [2.45, 2.75) is 6.10 Å². The van der Waals surface area contributed by atoms with E-state index >= 15 is 0 Å². The van der Waals surface area contributed by atoms with Crippen molar-refractivity contribution >= 4 is 0 Å². The Morgan fingerprint density at radius 1 is 1.33 bits per heavy atom. The van der Waals surface area contributed by atoms with Crippen LogP contribution in [0.1, 0.15) is 17.2 Å². The van der Waals surface area contributed by atoms with E-state index in [0.717, 1.165) is 0 Å². The molecular weight excluding hydrogens is 150 g/mol. The third-order valence-corrected chi connectivity index (χ3v) is 1.51. The smallest absolute Gasteiger partial charge is 0.139 e. The Labute approximate surface area is 71.1 Å². The average molecular weight is 157 g/mol. The number of terminal acetylenes is 1. The average Bonchev–Trinajstić information content (AvgIpc) is 2.17. The second-order valence-corrected chi connectivity index (χ2v) is 2.30. The molecule has 0 unspecified atom stereocenters. The van der Waals surface area contributed by atoms with Gasteiger partial charge in [-0.05, 0) is 17.7 Å². The molecule has 1 rings (SSSR count). The van der Waals surface area contributed by atoms with Gasteiger partial charge in [0.25, 0.3) is 0 Å². The third-order valence-electron chi connectivity index (χ3n) is 1.51. The summed E-state index contributed by atoms with van der Waals surface area (Å²) in [5.41, 5.74) is 1.19. The third kappa shape index (κ3) is 1.63. The maximum atomic E-state index is 9.17. The van der Waals surface area contributed by atoms with Gasteiger partial charge < -0.3 is 5.11 Å². The molecular formula is C10H7NO. The van der Waals surface area contributed by atoms with Gasteiger partial charge in [-0.1, -0.05) is 18.1 Å². The second-order valence-electron chi connectivity index (χ2n) is 2.30. The number of hydrogen-bond donors (Lipinski definition) is 1. The zero-order chi connectivity index (χ0) is 8.97. The topological polar surface area (TPSA) is 44.0 Å². The minimum Gasteiger partial charge on any atom is -0.376 e. The van der Waals surface area contributed by atoms with Gasteiger partial charge in [-0.3, -0.25) is 0 Å². The van der Waals surface area contributed by atoms with Crippen LogP contribution in [0.2, 0.25) is 0 Å². The molecule has 12 heavy (non-hydrogen) atoms. The van der Waals surface area contributed by atoms with Gasteiger partial charge in [-0.25, -0.2) is 0 Å². The second kappa shape index (κ2) is 3.57. The van der Waals surface area contributed by atoms with Crippen LogP contribution in [0.4, 0.5) is 0 Å². The number of nitrogens with zero attached hydrogens (tertiary/aromatic N) is 1. The summed E-state index contributed by atoms with van der Waals surface area (Å²) in [6.07, 6.45) is 4.13. The maximum Gasteiger partial charge on any atom is 0.139 e. The fraction of sp³-hybridized carbons (Fsp3) is 0.100. The van der Waals surface area contributed by atoms with E-state index < -0.39 is 6.10 Å².